The number of benzene rings is 1. The zero-order valence-corrected chi connectivity index (χ0v) is 14.4. The summed E-state index contributed by atoms with van der Waals surface area (Å²) in [6.07, 6.45) is 0. The molecule has 1 aromatic rings. The van der Waals surface area contributed by atoms with E-state index < -0.39 is 11.9 Å². The van der Waals surface area contributed by atoms with Crippen molar-refractivity contribution in [3.05, 3.63) is 34.9 Å². The summed E-state index contributed by atoms with van der Waals surface area (Å²) in [5.74, 6) is -3.08. The molecule has 0 amide bonds. The summed E-state index contributed by atoms with van der Waals surface area (Å²) >= 11 is 0. The number of carboxylic acids is 2. The molecular formula is C11H10Na2O4. The van der Waals surface area contributed by atoms with Crippen molar-refractivity contribution in [2.75, 3.05) is 0 Å². The van der Waals surface area contributed by atoms with E-state index in [2.05, 4.69) is 0 Å². The molecule has 1 rings (SSSR count). The number of hydrogen-bond acceptors (Lipinski definition) is 4. The van der Waals surface area contributed by atoms with E-state index >= 15 is 0 Å². The minimum atomic E-state index is -1.50. The van der Waals surface area contributed by atoms with Crippen molar-refractivity contribution in [2.45, 2.75) is 19.8 Å². The fraction of sp³-hybridized carbons (Fsp3) is 0.273. The van der Waals surface area contributed by atoms with Gasteiger partial charge in [0.15, 0.2) is 0 Å². The van der Waals surface area contributed by atoms with Crippen LogP contribution >= 0.6 is 0 Å². The van der Waals surface area contributed by atoms with E-state index in [9.17, 15) is 19.8 Å². The number of hydrogen-bond donors (Lipinski definition) is 0. The Bertz CT molecular complexity index is 416. The van der Waals surface area contributed by atoms with Crippen molar-refractivity contribution in [2.24, 2.45) is 0 Å². The second-order valence-corrected chi connectivity index (χ2v) is 3.50. The topological polar surface area (TPSA) is 80.3 Å². The van der Waals surface area contributed by atoms with Crippen LogP contribution in [-0.4, -0.2) is 11.9 Å². The van der Waals surface area contributed by atoms with Crippen LogP contribution in [0.15, 0.2) is 18.2 Å². The fourth-order valence-corrected chi connectivity index (χ4v) is 1.45. The molecule has 0 bridgehead atoms. The van der Waals surface area contributed by atoms with E-state index in [4.69, 9.17) is 0 Å². The predicted molar refractivity (Wildman–Crippen MR) is 49.2 cm³/mol. The van der Waals surface area contributed by atoms with Gasteiger partial charge in [0, 0.05) is 11.1 Å². The normalized spacial score (nSPS) is 9.12. The van der Waals surface area contributed by atoms with Gasteiger partial charge in [-0.15, -0.1) is 0 Å². The summed E-state index contributed by atoms with van der Waals surface area (Å²) in [6.45, 7) is 3.56. The third-order valence-electron chi connectivity index (χ3n) is 2.14. The first kappa shape index (κ1) is 19.5. The third-order valence-corrected chi connectivity index (χ3v) is 2.14. The largest absolute Gasteiger partial charge is 1.00 e. The van der Waals surface area contributed by atoms with Gasteiger partial charge in [0.05, 0.1) is 11.9 Å². The molecule has 0 aliphatic carbocycles. The predicted octanol–water partition coefficient (Wildman–Crippen LogP) is -6.45. The summed E-state index contributed by atoms with van der Waals surface area (Å²) < 4.78 is 0. The summed E-state index contributed by atoms with van der Waals surface area (Å²) in [4.78, 5) is 21.5. The van der Waals surface area contributed by atoms with Gasteiger partial charge in [-0.1, -0.05) is 32.0 Å². The number of carbonyl (C=O) groups excluding carboxylic acids is 2. The van der Waals surface area contributed by atoms with E-state index in [1.165, 1.54) is 12.1 Å². The maximum absolute atomic E-state index is 10.8. The van der Waals surface area contributed by atoms with Crippen LogP contribution in [0.5, 0.6) is 0 Å². The molecule has 0 spiro atoms. The van der Waals surface area contributed by atoms with Gasteiger partial charge < -0.3 is 19.8 Å². The Morgan fingerprint density at radius 2 is 1.59 bits per heavy atom. The Kier molecular flexibility index (Phi) is 9.51. The summed E-state index contributed by atoms with van der Waals surface area (Å²) in [5, 5.41) is 21.5. The number of aromatic carboxylic acids is 2. The monoisotopic (exact) mass is 252 g/mol. The van der Waals surface area contributed by atoms with Crippen molar-refractivity contribution in [1.82, 2.24) is 0 Å². The van der Waals surface area contributed by atoms with E-state index in [0.717, 1.165) is 0 Å². The van der Waals surface area contributed by atoms with Crippen LogP contribution in [0.1, 0.15) is 46.0 Å². The zero-order chi connectivity index (χ0) is 11.6. The Labute approximate surface area is 144 Å². The first-order valence-corrected chi connectivity index (χ1v) is 4.50. The third kappa shape index (κ3) is 4.73. The van der Waals surface area contributed by atoms with Crippen molar-refractivity contribution in [3.63, 3.8) is 0 Å². The molecule has 4 nitrogen and oxygen atoms in total. The molecule has 0 unspecified atom stereocenters. The van der Waals surface area contributed by atoms with Crippen LogP contribution < -0.4 is 69.3 Å². The molecule has 0 saturated carbocycles. The molecule has 0 heterocycles. The van der Waals surface area contributed by atoms with Crippen molar-refractivity contribution < 1.29 is 78.9 Å². The Hall–Kier alpha value is 0.160. The quantitative estimate of drug-likeness (QED) is 0.501. The van der Waals surface area contributed by atoms with Gasteiger partial charge in [-0.05, 0) is 11.5 Å². The second-order valence-electron chi connectivity index (χ2n) is 3.50. The van der Waals surface area contributed by atoms with Crippen LogP contribution in [-0.2, 0) is 0 Å². The van der Waals surface area contributed by atoms with E-state index in [1.807, 2.05) is 0 Å². The van der Waals surface area contributed by atoms with Gasteiger partial charge >= 0.3 is 59.1 Å². The van der Waals surface area contributed by atoms with Crippen LogP contribution in [0.3, 0.4) is 0 Å². The molecule has 17 heavy (non-hydrogen) atoms. The molecule has 0 saturated heterocycles. The molecule has 0 fully saturated rings. The molecule has 6 heteroatoms. The maximum Gasteiger partial charge on any atom is 1.00 e. The minimum Gasteiger partial charge on any atom is -0.545 e. The van der Waals surface area contributed by atoms with Gasteiger partial charge in [0.2, 0.25) is 0 Å². The van der Waals surface area contributed by atoms with Crippen molar-refractivity contribution in [3.8, 4) is 0 Å². The van der Waals surface area contributed by atoms with E-state index in [1.54, 1.807) is 19.9 Å². The Morgan fingerprint density at radius 3 is 1.94 bits per heavy atom. The van der Waals surface area contributed by atoms with Gasteiger partial charge in [-0.25, -0.2) is 0 Å². The average Bonchev–Trinajstić information content (AvgIpc) is 2.16. The second kappa shape index (κ2) is 8.29. The molecule has 80 valence electrons. The van der Waals surface area contributed by atoms with Crippen molar-refractivity contribution >= 4 is 11.9 Å². The fourth-order valence-electron chi connectivity index (χ4n) is 1.45. The molecule has 0 N–H and O–H groups in total. The van der Waals surface area contributed by atoms with E-state index in [-0.39, 0.29) is 76.2 Å². The van der Waals surface area contributed by atoms with Crippen LogP contribution in [0.2, 0.25) is 0 Å². The van der Waals surface area contributed by atoms with Gasteiger partial charge in [0.1, 0.15) is 0 Å². The SMILES string of the molecule is CC(C)c1cccc(C(=O)[O-])c1C(=O)[O-].[Na+].[Na+]. The molecule has 0 aliphatic heterocycles. The molecule has 0 aromatic heterocycles. The first-order valence-electron chi connectivity index (χ1n) is 4.50. The number of carbonyl (C=O) groups is 2. The van der Waals surface area contributed by atoms with Gasteiger partial charge in [-0.3, -0.25) is 0 Å². The summed E-state index contributed by atoms with van der Waals surface area (Å²) in [6, 6.07) is 4.27. The summed E-state index contributed by atoms with van der Waals surface area (Å²) in [5.41, 5.74) is -0.176. The van der Waals surface area contributed by atoms with E-state index in [0.29, 0.717) is 5.56 Å². The van der Waals surface area contributed by atoms with Gasteiger partial charge in [0.25, 0.3) is 0 Å². The van der Waals surface area contributed by atoms with Crippen molar-refractivity contribution in [1.29, 1.82) is 0 Å². The molecule has 0 aliphatic rings. The smallest absolute Gasteiger partial charge is 0.545 e. The summed E-state index contributed by atoms with van der Waals surface area (Å²) in [7, 11) is 0. The molecular weight excluding hydrogens is 242 g/mol. The average molecular weight is 252 g/mol. The standard InChI is InChI=1S/C11H12O4.2Na/c1-6(2)7-4-3-5-8(10(12)13)9(7)11(14)15;;/h3-6H,1-2H3,(H,12,13)(H,14,15);;/q;2*+1/p-2. The zero-order valence-electron chi connectivity index (χ0n) is 10.4. The maximum atomic E-state index is 10.8. The van der Waals surface area contributed by atoms with Crippen LogP contribution in [0.4, 0.5) is 0 Å². The van der Waals surface area contributed by atoms with Gasteiger partial charge in [-0.2, -0.15) is 0 Å². The molecule has 0 atom stereocenters. The molecule has 0 radical (unpaired) electrons. The Balaban J connectivity index is 0. The Morgan fingerprint density at radius 1 is 1.06 bits per heavy atom. The first-order chi connectivity index (χ1) is 6.95. The molecule has 1 aromatic carbocycles. The minimum absolute atomic E-state index is 0. The number of rotatable bonds is 3. The van der Waals surface area contributed by atoms with Crippen LogP contribution in [0, 0.1) is 0 Å². The van der Waals surface area contributed by atoms with Crippen LogP contribution in [0.25, 0.3) is 0 Å². The number of carboxylic acid groups (broad SMARTS) is 2.